The third-order valence-corrected chi connectivity index (χ3v) is 5.56. The van der Waals surface area contributed by atoms with Crippen molar-refractivity contribution < 1.29 is 9.21 Å². The minimum Gasteiger partial charge on any atom is -0.467 e. The Kier molecular flexibility index (Phi) is 4.39. The van der Waals surface area contributed by atoms with Gasteiger partial charge in [-0.15, -0.1) is 11.3 Å². The molecule has 0 aliphatic heterocycles. The van der Waals surface area contributed by atoms with Gasteiger partial charge in [-0.05, 0) is 61.2 Å². The monoisotopic (exact) mass is 364 g/mol. The fourth-order valence-electron chi connectivity index (χ4n) is 3.16. The molecule has 0 spiro atoms. The Hall–Kier alpha value is -2.79. The zero-order chi connectivity index (χ0) is 18.1. The Labute approximate surface area is 156 Å². The second kappa shape index (κ2) is 6.84. The van der Waals surface area contributed by atoms with Crippen LogP contribution in [0.5, 0.6) is 0 Å². The molecule has 3 heterocycles. The highest BCUT2D eigenvalue weighted by Gasteiger charge is 2.19. The fraction of sp³-hybridized carbons (Fsp3) is 0.190. The van der Waals surface area contributed by atoms with E-state index in [1.807, 2.05) is 46.7 Å². The molecule has 4 nitrogen and oxygen atoms in total. The van der Waals surface area contributed by atoms with Gasteiger partial charge >= 0.3 is 0 Å². The lowest BCUT2D eigenvalue weighted by atomic mass is 10.1. The van der Waals surface area contributed by atoms with Gasteiger partial charge in [-0.2, -0.15) is 0 Å². The van der Waals surface area contributed by atoms with Gasteiger partial charge in [0, 0.05) is 27.0 Å². The maximum Gasteiger partial charge on any atom is 0.254 e. The molecule has 1 N–H and O–H groups in total. The van der Waals surface area contributed by atoms with E-state index in [1.165, 1.54) is 5.56 Å². The predicted molar refractivity (Wildman–Crippen MR) is 104 cm³/mol. The Bertz CT molecular complexity index is 994. The number of furan rings is 1. The maximum absolute atomic E-state index is 13.2. The average Bonchev–Trinajstić information content (AvgIpc) is 3.38. The van der Waals surface area contributed by atoms with Crippen LogP contribution in [0, 0.1) is 13.8 Å². The summed E-state index contributed by atoms with van der Waals surface area (Å²) in [4.78, 5) is 19.6. The summed E-state index contributed by atoms with van der Waals surface area (Å²) in [6.45, 7) is 5.15. The predicted octanol–water partition coefficient (Wildman–Crippen LogP) is 5.28. The number of carbonyl (C=O) groups excluding carboxylic acids is 1. The van der Waals surface area contributed by atoms with E-state index < -0.39 is 0 Å². The van der Waals surface area contributed by atoms with Crippen molar-refractivity contribution in [2.24, 2.45) is 0 Å². The number of hydrogen-bond donors (Lipinski definition) is 1. The highest BCUT2D eigenvalue weighted by atomic mass is 32.1. The molecular formula is C21H20N2O2S. The van der Waals surface area contributed by atoms with Gasteiger partial charge in [-0.3, -0.25) is 4.79 Å². The number of fused-ring (bicyclic) bond motifs is 1. The standard InChI is InChI=1S/C21H20N2O2S/c1-14-15(2)22-20-8-7-16(11-19(14)20)21(24)23(12-17-5-3-9-25-17)13-18-6-4-10-26-18/h3-11,22H,12-13H2,1-2H3. The third-order valence-electron chi connectivity index (χ3n) is 4.70. The Morgan fingerprint density at radius 2 is 2.04 bits per heavy atom. The molecule has 0 radical (unpaired) electrons. The first-order valence-corrected chi connectivity index (χ1v) is 9.43. The fourth-order valence-corrected chi connectivity index (χ4v) is 3.88. The number of aromatic nitrogens is 1. The zero-order valence-electron chi connectivity index (χ0n) is 14.8. The molecule has 4 aromatic rings. The molecule has 0 aliphatic carbocycles. The lowest BCUT2D eigenvalue weighted by Gasteiger charge is -2.21. The lowest BCUT2D eigenvalue weighted by molar-refractivity contribution is 0.0719. The Balaban J connectivity index is 1.67. The lowest BCUT2D eigenvalue weighted by Crippen LogP contribution is -2.29. The molecule has 0 fully saturated rings. The van der Waals surface area contributed by atoms with Crippen LogP contribution in [0.15, 0.2) is 58.5 Å². The normalized spacial score (nSPS) is 11.2. The van der Waals surface area contributed by atoms with Gasteiger partial charge in [0.15, 0.2) is 0 Å². The molecule has 0 aliphatic rings. The van der Waals surface area contributed by atoms with Crippen molar-refractivity contribution in [1.82, 2.24) is 9.88 Å². The number of benzene rings is 1. The van der Waals surface area contributed by atoms with Crippen LogP contribution in [0.2, 0.25) is 0 Å². The molecule has 1 aromatic carbocycles. The molecule has 132 valence electrons. The number of amides is 1. The van der Waals surface area contributed by atoms with E-state index in [4.69, 9.17) is 4.42 Å². The van der Waals surface area contributed by atoms with Crippen molar-refractivity contribution >= 4 is 28.1 Å². The summed E-state index contributed by atoms with van der Waals surface area (Å²) in [5.74, 6) is 0.791. The summed E-state index contributed by atoms with van der Waals surface area (Å²) in [6.07, 6.45) is 1.64. The van der Waals surface area contributed by atoms with Crippen LogP contribution >= 0.6 is 11.3 Å². The van der Waals surface area contributed by atoms with Gasteiger partial charge in [0.05, 0.1) is 19.4 Å². The molecule has 1 amide bonds. The summed E-state index contributed by atoms with van der Waals surface area (Å²) in [7, 11) is 0. The summed E-state index contributed by atoms with van der Waals surface area (Å²) in [5, 5.41) is 3.13. The second-order valence-electron chi connectivity index (χ2n) is 6.46. The molecule has 0 bridgehead atoms. The minimum atomic E-state index is 0.00922. The van der Waals surface area contributed by atoms with Crippen molar-refractivity contribution in [3.63, 3.8) is 0 Å². The molecular weight excluding hydrogens is 344 g/mol. The number of carbonyl (C=O) groups is 1. The van der Waals surface area contributed by atoms with Crippen molar-refractivity contribution in [3.05, 3.63) is 81.6 Å². The van der Waals surface area contributed by atoms with Crippen LogP contribution in [-0.4, -0.2) is 15.8 Å². The smallest absolute Gasteiger partial charge is 0.254 e. The van der Waals surface area contributed by atoms with Gasteiger partial charge in [0.1, 0.15) is 5.76 Å². The highest BCUT2D eigenvalue weighted by molar-refractivity contribution is 7.09. The van der Waals surface area contributed by atoms with Crippen LogP contribution in [0.3, 0.4) is 0 Å². The quantitative estimate of drug-likeness (QED) is 0.524. The number of aromatic amines is 1. The molecule has 5 heteroatoms. The van der Waals surface area contributed by atoms with Crippen molar-refractivity contribution in [1.29, 1.82) is 0 Å². The first-order valence-electron chi connectivity index (χ1n) is 8.55. The zero-order valence-corrected chi connectivity index (χ0v) is 15.6. The van der Waals surface area contributed by atoms with Crippen LogP contribution < -0.4 is 0 Å². The van der Waals surface area contributed by atoms with E-state index in [1.54, 1.807) is 17.6 Å². The number of aryl methyl sites for hydroxylation is 2. The summed E-state index contributed by atoms with van der Waals surface area (Å²) in [5.41, 5.74) is 4.08. The third kappa shape index (κ3) is 3.18. The van der Waals surface area contributed by atoms with E-state index in [2.05, 4.69) is 24.9 Å². The molecule has 0 unspecified atom stereocenters. The van der Waals surface area contributed by atoms with E-state index in [9.17, 15) is 4.79 Å². The summed E-state index contributed by atoms with van der Waals surface area (Å²) < 4.78 is 5.47. The summed E-state index contributed by atoms with van der Waals surface area (Å²) in [6, 6.07) is 13.7. The maximum atomic E-state index is 13.2. The largest absolute Gasteiger partial charge is 0.467 e. The number of hydrogen-bond acceptors (Lipinski definition) is 3. The van der Waals surface area contributed by atoms with Gasteiger partial charge < -0.3 is 14.3 Å². The van der Waals surface area contributed by atoms with Crippen LogP contribution in [-0.2, 0) is 13.1 Å². The number of nitrogens with zero attached hydrogens (tertiary/aromatic N) is 1. The summed E-state index contributed by atoms with van der Waals surface area (Å²) >= 11 is 1.66. The van der Waals surface area contributed by atoms with Gasteiger partial charge in [-0.25, -0.2) is 0 Å². The van der Waals surface area contributed by atoms with Gasteiger partial charge in [-0.1, -0.05) is 6.07 Å². The molecule has 3 aromatic heterocycles. The van der Waals surface area contributed by atoms with Crippen molar-refractivity contribution in [2.75, 3.05) is 0 Å². The minimum absolute atomic E-state index is 0.00922. The van der Waals surface area contributed by atoms with Crippen LogP contribution in [0.25, 0.3) is 10.9 Å². The number of rotatable bonds is 5. The van der Waals surface area contributed by atoms with E-state index in [-0.39, 0.29) is 5.91 Å². The van der Waals surface area contributed by atoms with Gasteiger partial charge in [0.25, 0.3) is 5.91 Å². The molecule has 26 heavy (non-hydrogen) atoms. The number of H-pyrrole nitrogens is 1. The van der Waals surface area contributed by atoms with E-state index in [0.29, 0.717) is 18.7 Å². The average molecular weight is 364 g/mol. The molecule has 4 rings (SSSR count). The van der Waals surface area contributed by atoms with Crippen molar-refractivity contribution in [3.8, 4) is 0 Å². The van der Waals surface area contributed by atoms with Crippen molar-refractivity contribution in [2.45, 2.75) is 26.9 Å². The highest BCUT2D eigenvalue weighted by Crippen LogP contribution is 2.24. The first kappa shape index (κ1) is 16.7. The number of thiophene rings is 1. The Morgan fingerprint density at radius 3 is 2.77 bits per heavy atom. The second-order valence-corrected chi connectivity index (χ2v) is 7.49. The number of nitrogens with one attached hydrogen (secondary N) is 1. The topological polar surface area (TPSA) is 49.2 Å². The van der Waals surface area contributed by atoms with E-state index >= 15 is 0 Å². The molecule has 0 saturated heterocycles. The molecule has 0 atom stereocenters. The van der Waals surface area contributed by atoms with Crippen LogP contribution in [0.4, 0.5) is 0 Å². The Morgan fingerprint density at radius 1 is 1.15 bits per heavy atom. The first-order chi connectivity index (χ1) is 12.6. The SMILES string of the molecule is Cc1[nH]c2ccc(C(=O)N(Cc3ccco3)Cc3cccs3)cc2c1C. The van der Waals surface area contributed by atoms with Crippen LogP contribution in [0.1, 0.15) is 32.3 Å². The van der Waals surface area contributed by atoms with E-state index in [0.717, 1.165) is 27.2 Å². The van der Waals surface area contributed by atoms with Gasteiger partial charge in [0.2, 0.25) is 0 Å². The molecule has 0 saturated carbocycles.